The van der Waals surface area contributed by atoms with E-state index in [-0.39, 0.29) is 24.0 Å². The third kappa shape index (κ3) is 5.45. The number of ether oxygens (including phenoxy) is 2. The van der Waals surface area contributed by atoms with Gasteiger partial charge in [-0.05, 0) is 57.7 Å². The Morgan fingerprint density at radius 1 is 1.03 bits per heavy atom. The van der Waals surface area contributed by atoms with Crippen LogP contribution in [-0.2, 0) is 27.8 Å². The van der Waals surface area contributed by atoms with Gasteiger partial charge in [-0.15, -0.1) is 11.3 Å². The Morgan fingerprint density at radius 2 is 1.81 bits per heavy atom. The zero-order valence-electron chi connectivity index (χ0n) is 16.2. The van der Waals surface area contributed by atoms with E-state index in [0.717, 1.165) is 22.5 Å². The van der Waals surface area contributed by atoms with Crippen molar-refractivity contribution in [1.29, 1.82) is 0 Å². The summed E-state index contributed by atoms with van der Waals surface area (Å²) < 4.78 is 39.7. The number of hydrogen-bond donors (Lipinski definition) is 2. The zero-order valence-corrected chi connectivity index (χ0v) is 19.4. The van der Waals surface area contributed by atoms with E-state index in [9.17, 15) is 13.2 Å². The van der Waals surface area contributed by atoms with Gasteiger partial charge in [-0.1, -0.05) is 36.4 Å². The fourth-order valence-corrected chi connectivity index (χ4v) is 6.31. The largest absolute Gasteiger partial charge is 0.454 e. The number of sulfonamides is 1. The second-order valence-corrected chi connectivity index (χ2v) is 11.2. The molecular weight excluding hydrogens is 504 g/mol. The first-order valence-corrected chi connectivity index (χ1v) is 12.5. The van der Waals surface area contributed by atoms with Crippen molar-refractivity contribution in [2.24, 2.45) is 0 Å². The quantitative estimate of drug-likeness (QED) is 0.472. The van der Waals surface area contributed by atoms with Crippen LogP contribution in [0.3, 0.4) is 0 Å². The van der Waals surface area contributed by atoms with E-state index in [2.05, 4.69) is 26.0 Å². The molecule has 0 bridgehead atoms. The monoisotopic (exact) mass is 522 g/mol. The van der Waals surface area contributed by atoms with Crippen molar-refractivity contribution in [2.45, 2.75) is 23.2 Å². The second kappa shape index (κ2) is 9.39. The highest BCUT2D eigenvalue weighted by atomic mass is 79.9. The summed E-state index contributed by atoms with van der Waals surface area (Å²) in [5, 5.41) is 2.82. The summed E-state index contributed by atoms with van der Waals surface area (Å²) in [5.74, 6) is 0.865. The van der Waals surface area contributed by atoms with Crippen LogP contribution in [0.2, 0.25) is 0 Å². The maximum Gasteiger partial charge on any atom is 0.250 e. The van der Waals surface area contributed by atoms with Gasteiger partial charge in [-0.25, -0.2) is 8.42 Å². The molecule has 0 spiro atoms. The van der Waals surface area contributed by atoms with Crippen molar-refractivity contribution in [3.8, 4) is 11.5 Å². The summed E-state index contributed by atoms with van der Waals surface area (Å²) in [5.41, 5.74) is 1.67. The third-order valence-corrected chi connectivity index (χ3v) is 8.20. The standard InChI is InChI=1S/C21H19BrN2O5S2/c22-19-8-9-20(30-19)31(26,27)24-16(10-14-4-2-1-3-5-14)21(25)23-12-15-6-7-17-18(11-15)29-13-28-17/h1-9,11,16,24H,10,12-13H2,(H,23,25)/t16-/m1/s1. The molecular formula is C21H19BrN2O5S2. The van der Waals surface area contributed by atoms with E-state index in [1.54, 1.807) is 18.2 Å². The number of hydrogen-bond acceptors (Lipinski definition) is 6. The van der Waals surface area contributed by atoms with E-state index >= 15 is 0 Å². The van der Waals surface area contributed by atoms with Crippen molar-refractivity contribution in [3.63, 3.8) is 0 Å². The molecule has 1 aliphatic heterocycles. The third-order valence-electron chi connectivity index (χ3n) is 4.61. The number of fused-ring (bicyclic) bond motifs is 1. The van der Waals surface area contributed by atoms with Gasteiger partial charge < -0.3 is 14.8 Å². The average Bonchev–Trinajstić information content (AvgIpc) is 3.41. The van der Waals surface area contributed by atoms with Gasteiger partial charge in [0.05, 0.1) is 3.79 Å². The molecule has 10 heteroatoms. The molecule has 0 saturated carbocycles. The lowest BCUT2D eigenvalue weighted by molar-refractivity contribution is -0.122. The van der Waals surface area contributed by atoms with Crippen LogP contribution in [0, 0.1) is 0 Å². The normalized spacial score (nSPS) is 13.7. The Morgan fingerprint density at radius 3 is 2.55 bits per heavy atom. The van der Waals surface area contributed by atoms with Crippen molar-refractivity contribution in [1.82, 2.24) is 10.0 Å². The highest BCUT2D eigenvalue weighted by Crippen LogP contribution is 2.32. The first kappa shape index (κ1) is 21.8. The minimum absolute atomic E-state index is 0.140. The number of amides is 1. The summed E-state index contributed by atoms with van der Waals surface area (Å²) in [4.78, 5) is 13.0. The molecule has 1 aliphatic rings. The number of thiophene rings is 1. The lowest BCUT2D eigenvalue weighted by atomic mass is 10.1. The molecule has 0 unspecified atom stereocenters. The van der Waals surface area contributed by atoms with E-state index in [0.29, 0.717) is 15.3 Å². The predicted octanol–water partition coefficient (Wildman–Crippen LogP) is 3.45. The smallest absolute Gasteiger partial charge is 0.250 e. The number of nitrogens with one attached hydrogen (secondary N) is 2. The summed E-state index contributed by atoms with van der Waals surface area (Å²) >= 11 is 4.36. The Hall–Kier alpha value is -2.40. The average molecular weight is 523 g/mol. The van der Waals surface area contributed by atoms with E-state index < -0.39 is 22.0 Å². The Bertz CT molecular complexity index is 1180. The van der Waals surface area contributed by atoms with E-state index in [4.69, 9.17) is 9.47 Å². The summed E-state index contributed by atoms with van der Waals surface area (Å²) in [6.45, 7) is 0.401. The number of carbonyl (C=O) groups excluding carboxylic acids is 1. The van der Waals surface area contributed by atoms with Gasteiger partial charge in [0.1, 0.15) is 10.3 Å². The van der Waals surface area contributed by atoms with Crippen molar-refractivity contribution < 1.29 is 22.7 Å². The molecule has 1 amide bonds. The minimum Gasteiger partial charge on any atom is -0.454 e. The second-order valence-electron chi connectivity index (χ2n) is 6.83. The summed E-state index contributed by atoms with van der Waals surface area (Å²) in [7, 11) is -3.85. The molecule has 162 valence electrons. The number of halogens is 1. The lowest BCUT2D eigenvalue weighted by Crippen LogP contribution is -2.47. The molecule has 7 nitrogen and oxygen atoms in total. The summed E-state index contributed by atoms with van der Waals surface area (Å²) in [6, 6.07) is 16.9. The molecule has 1 aromatic heterocycles. The van der Waals surface area contributed by atoms with Crippen LogP contribution in [-0.4, -0.2) is 27.2 Å². The van der Waals surface area contributed by atoms with Gasteiger partial charge in [0, 0.05) is 6.54 Å². The fraction of sp³-hybridized carbons (Fsp3) is 0.190. The molecule has 2 N–H and O–H groups in total. The molecule has 0 saturated heterocycles. The molecule has 2 heterocycles. The molecule has 4 rings (SSSR count). The van der Waals surface area contributed by atoms with Gasteiger partial charge in [0.25, 0.3) is 10.0 Å². The topological polar surface area (TPSA) is 93.7 Å². The fourth-order valence-electron chi connectivity index (χ4n) is 3.09. The van der Waals surface area contributed by atoms with Crippen LogP contribution in [0.5, 0.6) is 11.5 Å². The van der Waals surface area contributed by atoms with Gasteiger partial charge in [-0.3, -0.25) is 4.79 Å². The maximum absolute atomic E-state index is 13.0. The zero-order chi connectivity index (χ0) is 21.8. The molecule has 3 aromatic rings. The molecule has 1 atom stereocenters. The van der Waals surface area contributed by atoms with Crippen LogP contribution < -0.4 is 19.5 Å². The lowest BCUT2D eigenvalue weighted by Gasteiger charge is -2.18. The molecule has 0 radical (unpaired) electrons. The summed E-state index contributed by atoms with van der Waals surface area (Å²) in [6.07, 6.45) is 0.222. The number of carbonyl (C=O) groups is 1. The van der Waals surface area contributed by atoms with Crippen LogP contribution in [0.4, 0.5) is 0 Å². The van der Waals surface area contributed by atoms with Gasteiger partial charge in [0.15, 0.2) is 11.5 Å². The van der Waals surface area contributed by atoms with Crippen molar-refractivity contribution in [3.05, 3.63) is 75.6 Å². The van der Waals surface area contributed by atoms with Crippen molar-refractivity contribution >= 4 is 43.2 Å². The van der Waals surface area contributed by atoms with E-state index in [1.807, 2.05) is 36.4 Å². The van der Waals surface area contributed by atoms with Gasteiger partial charge in [-0.2, -0.15) is 4.72 Å². The molecule has 0 aliphatic carbocycles. The molecule has 0 fully saturated rings. The molecule has 2 aromatic carbocycles. The minimum atomic E-state index is -3.85. The highest BCUT2D eigenvalue weighted by molar-refractivity contribution is 9.11. The van der Waals surface area contributed by atoms with Crippen LogP contribution >= 0.6 is 27.3 Å². The first-order valence-electron chi connectivity index (χ1n) is 9.38. The predicted molar refractivity (Wildman–Crippen MR) is 121 cm³/mol. The molecule has 31 heavy (non-hydrogen) atoms. The Labute approximate surface area is 192 Å². The maximum atomic E-state index is 13.0. The van der Waals surface area contributed by atoms with Gasteiger partial charge in [0.2, 0.25) is 12.7 Å². The SMILES string of the molecule is O=C(NCc1ccc2c(c1)OCO2)[C@@H](Cc1ccccc1)NS(=O)(=O)c1ccc(Br)s1. The van der Waals surface area contributed by atoms with E-state index in [1.165, 1.54) is 6.07 Å². The van der Waals surface area contributed by atoms with Crippen LogP contribution in [0.1, 0.15) is 11.1 Å². The van der Waals surface area contributed by atoms with Crippen molar-refractivity contribution in [2.75, 3.05) is 6.79 Å². The van der Waals surface area contributed by atoms with Crippen LogP contribution in [0.15, 0.2) is 68.7 Å². The highest BCUT2D eigenvalue weighted by Gasteiger charge is 2.27. The Balaban J connectivity index is 1.49. The Kier molecular flexibility index (Phi) is 6.61. The van der Waals surface area contributed by atoms with Crippen LogP contribution in [0.25, 0.3) is 0 Å². The number of rotatable bonds is 8. The van der Waals surface area contributed by atoms with Gasteiger partial charge >= 0.3 is 0 Å². The first-order chi connectivity index (χ1) is 14.9. The number of benzene rings is 2.